The van der Waals surface area contributed by atoms with Crippen molar-refractivity contribution in [1.29, 1.82) is 0 Å². The van der Waals surface area contributed by atoms with Crippen LogP contribution in [0, 0.1) is 5.92 Å². The maximum atomic E-state index is 13.1. The van der Waals surface area contributed by atoms with Crippen LogP contribution in [0.5, 0.6) is 5.75 Å². The van der Waals surface area contributed by atoms with Crippen molar-refractivity contribution >= 4 is 17.8 Å². The molecule has 5 rings (SSSR count). The quantitative estimate of drug-likeness (QED) is 0.651. The van der Waals surface area contributed by atoms with Gasteiger partial charge in [0.1, 0.15) is 11.8 Å². The lowest BCUT2D eigenvalue weighted by molar-refractivity contribution is -0.137. The molecule has 2 aromatic rings. The second-order valence-corrected chi connectivity index (χ2v) is 9.29. The number of nitrogens with zero attached hydrogens (tertiary/aromatic N) is 3. The first-order chi connectivity index (χ1) is 16.4. The fraction of sp³-hybridized carbons (Fsp3) is 0.440. The van der Waals surface area contributed by atoms with Crippen molar-refractivity contribution in [3.05, 3.63) is 64.1 Å². The van der Waals surface area contributed by atoms with Gasteiger partial charge in [-0.1, -0.05) is 18.2 Å². The van der Waals surface area contributed by atoms with Gasteiger partial charge in [-0.05, 0) is 42.5 Å². The maximum absolute atomic E-state index is 13.1. The molecule has 0 spiro atoms. The number of hydrogen-bond acceptors (Lipinski definition) is 5. The number of fused-ring (bicyclic) bond motifs is 4. The monoisotopic (exact) mass is 464 g/mol. The van der Waals surface area contributed by atoms with Crippen LogP contribution in [-0.2, 0) is 22.6 Å². The smallest absolute Gasteiger partial charge is 0.324 e. The number of urea groups is 1. The zero-order chi connectivity index (χ0) is 23.8. The zero-order valence-corrected chi connectivity index (χ0v) is 19.1. The first-order valence-corrected chi connectivity index (χ1v) is 11.6. The fourth-order valence-corrected chi connectivity index (χ4v) is 5.36. The van der Waals surface area contributed by atoms with Gasteiger partial charge in [0.2, 0.25) is 5.91 Å². The predicted molar refractivity (Wildman–Crippen MR) is 123 cm³/mol. The summed E-state index contributed by atoms with van der Waals surface area (Å²) in [5.41, 5.74) is 1.96. The van der Waals surface area contributed by atoms with Crippen molar-refractivity contribution in [2.75, 3.05) is 26.7 Å². The van der Waals surface area contributed by atoms with Gasteiger partial charge in [0, 0.05) is 43.9 Å². The Morgan fingerprint density at radius 1 is 1.06 bits per heavy atom. The molecule has 1 aromatic carbocycles. The largest absolute Gasteiger partial charge is 0.497 e. The number of nitrogens with one attached hydrogen (secondary N) is 1. The van der Waals surface area contributed by atoms with Crippen LogP contribution >= 0.6 is 0 Å². The van der Waals surface area contributed by atoms with E-state index < -0.39 is 12.1 Å². The summed E-state index contributed by atoms with van der Waals surface area (Å²) >= 11 is 0. The Bertz CT molecular complexity index is 1170. The van der Waals surface area contributed by atoms with Gasteiger partial charge in [-0.15, -0.1) is 0 Å². The van der Waals surface area contributed by atoms with Crippen LogP contribution in [0.2, 0.25) is 0 Å². The summed E-state index contributed by atoms with van der Waals surface area (Å²) < 4.78 is 6.97. The Balaban J connectivity index is 1.19. The van der Waals surface area contributed by atoms with E-state index in [0.29, 0.717) is 26.1 Å². The third-order valence-electron chi connectivity index (χ3n) is 7.10. The van der Waals surface area contributed by atoms with Crippen LogP contribution < -0.4 is 15.6 Å². The minimum atomic E-state index is -0.840. The second-order valence-electron chi connectivity index (χ2n) is 9.29. The van der Waals surface area contributed by atoms with E-state index in [0.717, 1.165) is 23.4 Å². The van der Waals surface area contributed by atoms with Crippen LogP contribution in [0.1, 0.15) is 30.0 Å². The molecule has 2 saturated heterocycles. The van der Waals surface area contributed by atoms with Gasteiger partial charge in [0.15, 0.2) is 0 Å². The van der Waals surface area contributed by atoms with Crippen molar-refractivity contribution in [2.24, 2.45) is 5.92 Å². The van der Waals surface area contributed by atoms with Crippen LogP contribution in [0.15, 0.2) is 47.3 Å². The number of rotatable bonds is 6. The van der Waals surface area contributed by atoms with E-state index in [2.05, 4.69) is 5.32 Å². The van der Waals surface area contributed by atoms with Crippen molar-refractivity contribution in [1.82, 2.24) is 19.7 Å². The number of hydrogen-bond donors (Lipinski definition) is 1. The molecule has 0 radical (unpaired) electrons. The Labute approximate surface area is 197 Å². The molecule has 4 amide bonds. The maximum Gasteiger partial charge on any atom is 0.324 e. The number of amides is 4. The van der Waals surface area contributed by atoms with Crippen molar-refractivity contribution < 1.29 is 19.1 Å². The molecule has 1 N–H and O–H groups in total. The van der Waals surface area contributed by atoms with Crippen LogP contribution in [0.3, 0.4) is 0 Å². The number of carbonyl (C=O) groups excluding carboxylic acids is 3. The summed E-state index contributed by atoms with van der Waals surface area (Å²) in [7, 11) is 1.60. The standard InChI is InChI=1S/C25H28N4O5/c1-34-19-7-5-16(6-8-19)9-10-28-24(32)20(26-25(28)33)12-23(31)27-13-17-11-18(15-27)21-3-2-4-22(30)29(21)14-17/h2-8,17-18,20H,9-15H2,1H3,(H,26,33)/t17-,18+,20-/m1/s1. The summed E-state index contributed by atoms with van der Waals surface area (Å²) in [5.74, 6) is 0.568. The molecule has 3 aliphatic rings. The van der Waals surface area contributed by atoms with Gasteiger partial charge >= 0.3 is 6.03 Å². The van der Waals surface area contributed by atoms with Crippen LogP contribution in [0.25, 0.3) is 0 Å². The van der Waals surface area contributed by atoms with E-state index in [1.165, 1.54) is 4.90 Å². The first-order valence-electron chi connectivity index (χ1n) is 11.6. The minimum absolute atomic E-state index is 0.000901. The highest BCUT2D eigenvalue weighted by atomic mass is 16.5. The fourth-order valence-electron chi connectivity index (χ4n) is 5.36. The summed E-state index contributed by atoms with van der Waals surface area (Å²) in [6.07, 6.45) is 1.42. The Morgan fingerprint density at radius 3 is 2.62 bits per heavy atom. The van der Waals surface area contributed by atoms with Crippen LogP contribution in [0.4, 0.5) is 4.79 Å². The number of pyridine rings is 1. The third-order valence-corrected chi connectivity index (χ3v) is 7.10. The van der Waals surface area contributed by atoms with E-state index in [4.69, 9.17) is 4.74 Å². The highest BCUT2D eigenvalue weighted by Crippen LogP contribution is 2.35. The van der Waals surface area contributed by atoms with Gasteiger partial charge in [0.05, 0.1) is 13.5 Å². The first kappa shape index (κ1) is 22.2. The number of ether oxygens (including phenoxy) is 1. The minimum Gasteiger partial charge on any atom is -0.497 e. The molecule has 3 aliphatic heterocycles. The van der Waals surface area contributed by atoms with Crippen molar-refractivity contribution in [2.45, 2.75) is 37.8 Å². The molecule has 0 saturated carbocycles. The average Bonchev–Trinajstić information content (AvgIpc) is 3.10. The molecule has 0 aliphatic carbocycles. The average molecular weight is 465 g/mol. The molecule has 3 atom stereocenters. The Morgan fingerprint density at radius 2 is 1.85 bits per heavy atom. The molecule has 4 heterocycles. The number of likely N-dealkylation sites (tertiary alicyclic amines) is 1. The molecule has 178 valence electrons. The topological polar surface area (TPSA) is 101 Å². The van der Waals surface area contributed by atoms with Crippen LogP contribution in [-0.4, -0.2) is 65.0 Å². The molecule has 0 unspecified atom stereocenters. The molecule has 1 aromatic heterocycles. The lowest BCUT2D eigenvalue weighted by Gasteiger charge is -2.43. The normalized spacial score (nSPS) is 23.5. The summed E-state index contributed by atoms with van der Waals surface area (Å²) in [6.45, 7) is 1.94. The zero-order valence-electron chi connectivity index (χ0n) is 19.1. The van der Waals surface area contributed by atoms with Gasteiger partial charge in [-0.25, -0.2) is 4.79 Å². The van der Waals surface area contributed by atoms with E-state index in [-0.39, 0.29) is 42.2 Å². The summed E-state index contributed by atoms with van der Waals surface area (Å²) in [6, 6.07) is 11.5. The molecule has 9 nitrogen and oxygen atoms in total. The predicted octanol–water partition coefficient (Wildman–Crippen LogP) is 1.36. The number of aromatic nitrogens is 1. The lowest BCUT2D eigenvalue weighted by Crippen LogP contribution is -2.50. The van der Waals surface area contributed by atoms with Crippen molar-refractivity contribution in [3.8, 4) is 5.75 Å². The number of benzene rings is 1. The van der Waals surface area contributed by atoms with Gasteiger partial charge in [0.25, 0.3) is 11.5 Å². The molecule has 34 heavy (non-hydrogen) atoms. The second kappa shape index (κ2) is 8.96. The van der Waals surface area contributed by atoms with E-state index in [1.807, 2.05) is 34.9 Å². The lowest BCUT2D eigenvalue weighted by atomic mass is 9.83. The highest BCUT2D eigenvalue weighted by Gasteiger charge is 2.41. The molecule has 9 heteroatoms. The number of imide groups is 1. The SMILES string of the molecule is COc1ccc(CCN2C(=O)N[C@H](CC(=O)N3C[C@H]4C[C@@H](C3)c3cccc(=O)n3C4)C2=O)cc1. The number of carbonyl (C=O) groups is 3. The van der Waals surface area contributed by atoms with Gasteiger partial charge in [-0.2, -0.15) is 0 Å². The number of piperidine rings is 1. The third kappa shape index (κ3) is 4.18. The van der Waals surface area contributed by atoms with Gasteiger partial charge < -0.3 is 19.5 Å². The Kier molecular flexibility index (Phi) is 5.85. The molecule has 2 fully saturated rings. The molecular formula is C25H28N4O5. The molecular weight excluding hydrogens is 436 g/mol. The van der Waals surface area contributed by atoms with Crippen molar-refractivity contribution in [3.63, 3.8) is 0 Å². The number of methoxy groups -OCH3 is 1. The van der Waals surface area contributed by atoms with E-state index >= 15 is 0 Å². The van der Waals surface area contributed by atoms with E-state index in [9.17, 15) is 19.2 Å². The Hall–Kier alpha value is -3.62. The highest BCUT2D eigenvalue weighted by molar-refractivity contribution is 6.05. The summed E-state index contributed by atoms with van der Waals surface area (Å²) in [5, 5.41) is 2.68. The molecule has 2 bridgehead atoms. The van der Waals surface area contributed by atoms with E-state index in [1.54, 1.807) is 24.1 Å². The van der Waals surface area contributed by atoms with Gasteiger partial charge in [-0.3, -0.25) is 19.3 Å². The summed E-state index contributed by atoms with van der Waals surface area (Å²) in [4.78, 5) is 53.6.